The molecule has 3 aromatic rings. The lowest BCUT2D eigenvalue weighted by molar-refractivity contribution is -0.132. The maximum absolute atomic E-state index is 12.8. The molecule has 0 unspecified atom stereocenters. The first-order valence-electron chi connectivity index (χ1n) is 10.7. The van der Waals surface area contributed by atoms with Crippen LogP contribution in [0.5, 0.6) is 5.75 Å². The molecule has 0 atom stereocenters. The zero-order chi connectivity index (χ0) is 24.1. The van der Waals surface area contributed by atoms with Crippen molar-refractivity contribution in [3.05, 3.63) is 71.2 Å². The fourth-order valence-electron chi connectivity index (χ4n) is 3.72. The van der Waals surface area contributed by atoms with Crippen LogP contribution < -0.4 is 4.74 Å². The average molecular weight is 490 g/mol. The Labute approximate surface area is 199 Å². The minimum atomic E-state index is -3.02. The van der Waals surface area contributed by atoms with Crippen LogP contribution in [0.25, 0.3) is 11.3 Å². The molecule has 0 radical (unpaired) electrons. The average Bonchev–Trinajstić information content (AvgIpc) is 3.32. The SMILES string of the molecule is O=C(CCc1ncc(-c2ccc(Cl)cc2)o1)N1CCN(C(=O)c2ccccc2OC(F)F)CC1. The fraction of sp³-hybridized carbons (Fsp3) is 0.292. The molecule has 0 aliphatic carbocycles. The number of piperazine rings is 1. The molecule has 2 heterocycles. The largest absolute Gasteiger partial charge is 0.441 e. The molecule has 7 nitrogen and oxygen atoms in total. The predicted molar refractivity (Wildman–Crippen MR) is 121 cm³/mol. The zero-order valence-corrected chi connectivity index (χ0v) is 18.9. The number of oxazole rings is 1. The Morgan fingerprint density at radius 1 is 1.03 bits per heavy atom. The number of nitrogens with zero attached hydrogens (tertiary/aromatic N) is 3. The Morgan fingerprint density at radius 3 is 2.41 bits per heavy atom. The molecule has 2 amide bonds. The van der Waals surface area contributed by atoms with E-state index in [-0.39, 0.29) is 23.6 Å². The lowest BCUT2D eigenvalue weighted by atomic mass is 10.1. The number of aryl methyl sites for hydroxylation is 1. The third-order valence-electron chi connectivity index (χ3n) is 5.49. The van der Waals surface area contributed by atoms with E-state index in [4.69, 9.17) is 16.0 Å². The second-order valence-corrected chi connectivity index (χ2v) is 8.11. The molecule has 34 heavy (non-hydrogen) atoms. The number of halogens is 3. The summed E-state index contributed by atoms with van der Waals surface area (Å²) < 4.78 is 35.5. The minimum Gasteiger partial charge on any atom is -0.441 e. The smallest absolute Gasteiger partial charge is 0.387 e. The van der Waals surface area contributed by atoms with Gasteiger partial charge in [-0.3, -0.25) is 9.59 Å². The van der Waals surface area contributed by atoms with E-state index in [1.54, 1.807) is 29.3 Å². The van der Waals surface area contributed by atoms with E-state index in [2.05, 4.69) is 9.72 Å². The van der Waals surface area contributed by atoms with Crippen molar-refractivity contribution < 1.29 is 27.5 Å². The Kier molecular flexibility index (Phi) is 7.42. The fourth-order valence-corrected chi connectivity index (χ4v) is 3.84. The standard InChI is InChI=1S/C24H22ClF2N3O4/c25-17-7-5-16(6-8-17)20-15-28-21(33-20)9-10-22(31)29-11-13-30(14-12-29)23(32)18-3-1-2-4-19(18)34-24(26)27/h1-8,15,24H,9-14H2. The van der Waals surface area contributed by atoms with Gasteiger partial charge in [-0.2, -0.15) is 8.78 Å². The predicted octanol–water partition coefficient (Wildman–Crippen LogP) is 4.51. The molecule has 1 aliphatic heterocycles. The maximum Gasteiger partial charge on any atom is 0.387 e. The van der Waals surface area contributed by atoms with Gasteiger partial charge in [-0.25, -0.2) is 4.98 Å². The number of carbonyl (C=O) groups is 2. The third kappa shape index (κ3) is 5.72. The number of para-hydroxylation sites is 1. The number of amides is 2. The van der Waals surface area contributed by atoms with Crippen LogP contribution in [0.3, 0.4) is 0 Å². The van der Waals surface area contributed by atoms with E-state index in [0.29, 0.717) is 49.3 Å². The normalized spacial score (nSPS) is 13.9. The number of aromatic nitrogens is 1. The quantitative estimate of drug-likeness (QED) is 0.488. The number of carbonyl (C=O) groups excluding carboxylic acids is 2. The van der Waals surface area contributed by atoms with Gasteiger partial charge >= 0.3 is 6.61 Å². The molecule has 0 bridgehead atoms. The van der Waals surface area contributed by atoms with Crippen molar-refractivity contribution in [2.45, 2.75) is 19.5 Å². The molecule has 1 aliphatic rings. The molecule has 0 saturated carbocycles. The van der Waals surface area contributed by atoms with Crippen molar-refractivity contribution in [3.63, 3.8) is 0 Å². The molecule has 1 aromatic heterocycles. The summed E-state index contributed by atoms with van der Waals surface area (Å²) in [6.45, 7) is -1.72. The first-order valence-corrected chi connectivity index (χ1v) is 11.1. The van der Waals surface area contributed by atoms with Crippen LogP contribution in [0.2, 0.25) is 5.02 Å². The molecule has 178 valence electrons. The molecule has 1 saturated heterocycles. The first kappa shape index (κ1) is 23.7. The van der Waals surface area contributed by atoms with E-state index in [1.165, 1.54) is 23.1 Å². The summed E-state index contributed by atoms with van der Waals surface area (Å²) in [5.41, 5.74) is 0.916. The van der Waals surface area contributed by atoms with E-state index in [9.17, 15) is 18.4 Å². The summed E-state index contributed by atoms with van der Waals surface area (Å²) in [4.78, 5) is 32.9. The Bertz CT molecular complexity index is 1150. The summed E-state index contributed by atoms with van der Waals surface area (Å²) in [5, 5.41) is 0.626. The third-order valence-corrected chi connectivity index (χ3v) is 5.74. The van der Waals surface area contributed by atoms with Crippen LogP contribution >= 0.6 is 11.6 Å². The van der Waals surface area contributed by atoms with E-state index < -0.39 is 12.5 Å². The van der Waals surface area contributed by atoms with Crippen molar-refractivity contribution in [3.8, 4) is 17.1 Å². The monoisotopic (exact) mass is 489 g/mol. The van der Waals surface area contributed by atoms with Crippen LogP contribution in [0.15, 0.2) is 59.1 Å². The Morgan fingerprint density at radius 2 is 1.71 bits per heavy atom. The summed E-state index contributed by atoms with van der Waals surface area (Å²) in [5.74, 6) is 0.424. The second-order valence-electron chi connectivity index (χ2n) is 7.67. The molecule has 0 spiro atoms. The van der Waals surface area contributed by atoms with E-state index in [0.717, 1.165) is 5.56 Å². The summed E-state index contributed by atoms with van der Waals surface area (Å²) >= 11 is 5.90. The van der Waals surface area contributed by atoms with Gasteiger partial charge in [-0.1, -0.05) is 23.7 Å². The van der Waals surface area contributed by atoms with Crippen LogP contribution in [0.4, 0.5) is 8.78 Å². The van der Waals surface area contributed by atoms with Gasteiger partial charge in [0.25, 0.3) is 5.91 Å². The van der Waals surface area contributed by atoms with Gasteiger partial charge in [0, 0.05) is 49.6 Å². The number of alkyl halides is 2. The molecular weight excluding hydrogens is 468 g/mol. The van der Waals surface area contributed by atoms with Gasteiger partial charge < -0.3 is 19.0 Å². The lowest BCUT2D eigenvalue weighted by Gasteiger charge is -2.35. The number of hydrogen-bond donors (Lipinski definition) is 0. The second kappa shape index (κ2) is 10.6. The van der Waals surface area contributed by atoms with E-state index >= 15 is 0 Å². The highest BCUT2D eigenvalue weighted by molar-refractivity contribution is 6.30. The Hall–Kier alpha value is -3.46. The highest BCUT2D eigenvalue weighted by atomic mass is 35.5. The van der Waals surface area contributed by atoms with Gasteiger partial charge in [0.2, 0.25) is 5.91 Å². The number of hydrogen-bond acceptors (Lipinski definition) is 5. The van der Waals surface area contributed by atoms with Crippen molar-refractivity contribution in [1.82, 2.24) is 14.8 Å². The molecule has 0 N–H and O–H groups in total. The number of rotatable bonds is 7. The number of benzene rings is 2. The maximum atomic E-state index is 12.8. The van der Waals surface area contributed by atoms with Crippen LogP contribution in [0, 0.1) is 0 Å². The van der Waals surface area contributed by atoms with Crippen molar-refractivity contribution >= 4 is 23.4 Å². The van der Waals surface area contributed by atoms with Crippen LogP contribution in [0.1, 0.15) is 22.7 Å². The van der Waals surface area contributed by atoms with Crippen molar-refractivity contribution in [2.75, 3.05) is 26.2 Å². The van der Waals surface area contributed by atoms with Crippen LogP contribution in [-0.2, 0) is 11.2 Å². The van der Waals surface area contributed by atoms with E-state index in [1.807, 2.05) is 12.1 Å². The topological polar surface area (TPSA) is 75.9 Å². The molecule has 2 aromatic carbocycles. The zero-order valence-electron chi connectivity index (χ0n) is 18.1. The van der Waals surface area contributed by atoms with Gasteiger partial charge in [0.05, 0.1) is 11.8 Å². The molecule has 4 rings (SSSR count). The molecule has 10 heteroatoms. The summed E-state index contributed by atoms with van der Waals surface area (Å²) in [7, 11) is 0. The van der Waals surface area contributed by atoms with Crippen molar-refractivity contribution in [1.29, 1.82) is 0 Å². The number of ether oxygens (including phenoxy) is 1. The Balaban J connectivity index is 1.28. The highest BCUT2D eigenvalue weighted by Crippen LogP contribution is 2.24. The summed E-state index contributed by atoms with van der Waals surface area (Å²) in [6, 6.07) is 13.1. The van der Waals surface area contributed by atoms with Gasteiger partial charge in [-0.15, -0.1) is 0 Å². The van der Waals surface area contributed by atoms with Gasteiger partial charge in [0.15, 0.2) is 11.7 Å². The minimum absolute atomic E-state index is 0.0697. The highest BCUT2D eigenvalue weighted by Gasteiger charge is 2.27. The van der Waals surface area contributed by atoms with Crippen molar-refractivity contribution in [2.24, 2.45) is 0 Å². The lowest BCUT2D eigenvalue weighted by Crippen LogP contribution is -2.50. The van der Waals surface area contributed by atoms with Gasteiger partial charge in [-0.05, 0) is 36.4 Å². The summed E-state index contributed by atoms with van der Waals surface area (Å²) in [6.07, 6.45) is 2.19. The molecular formula is C24H22ClF2N3O4. The van der Waals surface area contributed by atoms with Crippen LogP contribution in [-0.4, -0.2) is 59.4 Å². The van der Waals surface area contributed by atoms with Gasteiger partial charge in [0.1, 0.15) is 5.75 Å². The first-order chi connectivity index (χ1) is 16.4. The molecule has 1 fully saturated rings.